The lowest BCUT2D eigenvalue weighted by atomic mass is 9.92. The zero-order chi connectivity index (χ0) is 26.3. The first-order valence-electron chi connectivity index (χ1n) is 12.2. The van der Waals surface area contributed by atoms with Crippen LogP contribution in [0.15, 0.2) is 67.4 Å². The molecule has 3 N–H and O–H groups in total. The number of carbonyl (C=O) groups excluding carboxylic acids is 1. The van der Waals surface area contributed by atoms with Gasteiger partial charge in [-0.3, -0.25) is 19.9 Å². The molecule has 0 saturated heterocycles. The smallest absolute Gasteiger partial charge is 0.224 e. The van der Waals surface area contributed by atoms with E-state index in [1.807, 2.05) is 57.2 Å². The fourth-order valence-corrected chi connectivity index (χ4v) is 4.35. The molecule has 6 aromatic heterocycles. The van der Waals surface area contributed by atoms with Crippen LogP contribution in [0.5, 0.6) is 0 Å². The normalized spacial score (nSPS) is 11.8. The maximum Gasteiger partial charge on any atom is 0.224 e. The van der Waals surface area contributed by atoms with Crippen LogP contribution in [-0.2, 0) is 4.79 Å². The minimum Gasteiger partial charge on any atom is -0.325 e. The van der Waals surface area contributed by atoms with Gasteiger partial charge in [0.25, 0.3) is 0 Å². The van der Waals surface area contributed by atoms with Crippen molar-refractivity contribution in [1.82, 2.24) is 40.1 Å². The van der Waals surface area contributed by atoms with Gasteiger partial charge in [-0.1, -0.05) is 20.8 Å². The van der Waals surface area contributed by atoms with Crippen molar-refractivity contribution < 1.29 is 4.79 Å². The van der Waals surface area contributed by atoms with E-state index in [1.54, 1.807) is 31.0 Å². The summed E-state index contributed by atoms with van der Waals surface area (Å²) in [5.41, 5.74) is 7.36. The highest BCUT2D eigenvalue weighted by Gasteiger charge is 2.18. The first-order valence-corrected chi connectivity index (χ1v) is 12.2. The van der Waals surface area contributed by atoms with E-state index in [0.29, 0.717) is 40.5 Å². The van der Waals surface area contributed by atoms with E-state index >= 15 is 0 Å². The Morgan fingerprint density at radius 2 is 1.76 bits per heavy atom. The molecule has 10 nitrogen and oxygen atoms in total. The maximum absolute atomic E-state index is 12.4. The summed E-state index contributed by atoms with van der Waals surface area (Å²) in [5.74, 6) is 0.507. The molecule has 0 aliphatic carbocycles. The number of nitrogens with zero attached hydrogens (tertiary/aromatic N) is 6. The SMILES string of the molecule is CC(C)(C)CC(=O)Nc1cncc(-c2ccc3[nH]nc(-c4nc5c(-c6ccncc6)ccnc5[nH]4)c3n2)c1. The van der Waals surface area contributed by atoms with Crippen molar-refractivity contribution in [3.05, 3.63) is 67.4 Å². The van der Waals surface area contributed by atoms with Gasteiger partial charge in [0, 0.05) is 42.3 Å². The summed E-state index contributed by atoms with van der Waals surface area (Å²) >= 11 is 0. The van der Waals surface area contributed by atoms with Gasteiger partial charge in [0.15, 0.2) is 17.2 Å². The molecule has 6 rings (SSSR count). The molecule has 0 atom stereocenters. The van der Waals surface area contributed by atoms with Crippen molar-refractivity contribution in [1.29, 1.82) is 0 Å². The van der Waals surface area contributed by atoms with Crippen molar-refractivity contribution in [2.75, 3.05) is 5.32 Å². The van der Waals surface area contributed by atoms with Crippen molar-refractivity contribution in [3.63, 3.8) is 0 Å². The first-order chi connectivity index (χ1) is 18.3. The fourth-order valence-electron chi connectivity index (χ4n) is 4.35. The highest BCUT2D eigenvalue weighted by Crippen LogP contribution is 2.31. The van der Waals surface area contributed by atoms with Crippen molar-refractivity contribution >= 4 is 33.8 Å². The van der Waals surface area contributed by atoms with Crippen molar-refractivity contribution in [3.8, 4) is 33.9 Å². The van der Waals surface area contributed by atoms with Crippen LogP contribution in [0, 0.1) is 5.41 Å². The lowest BCUT2D eigenvalue weighted by molar-refractivity contribution is -0.117. The second-order valence-corrected chi connectivity index (χ2v) is 10.3. The third-order valence-electron chi connectivity index (χ3n) is 6.02. The van der Waals surface area contributed by atoms with Gasteiger partial charge in [-0.05, 0) is 47.4 Å². The quantitative estimate of drug-likeness (QED) is 0.286. The Hall–Kier alpha value is -4.99. The van der Waals surface area contributed by atoms with Gasteiger partial charge >= 0.3 is 0 Å². The predicted octanol–water partition coefficient (Wildman–Crippen LogP) is 5.39. The van der Waals surface area contributed by atoms with Gasteiger partial charge in [0.1, 0.15) is 11.0 Å². The van der Waals surface area contributed by atoms with Crippen LogP contribution in [0.2, 0.25) is 0 Å². The van der Waals surface area contributed by atoms with Gasteiger partial charge in [-0.2, -0.15) is 5.10 Å². The van der Waals surface area contributed by atoms with Crippen LogP contribution in [0.4, 0.5) is 5.69 Å². The number of carbonyl (C=O) groups is 1. The number of hydrogen-bond acceptors (Lipinski definition) is 7. The zero-order valence-electron chi connectivity index (χ0n) is 21.1. The molecule has 0 aliphatic heterocycles. The van der Waals surface area contributed by atoms with Crippen LogP contribution in [-0.4, -0.2) is 46.0 Å². The number of H-pyrrole nitrogens is 2. The molecule has 0 aliphatic rings. The van der Waals surface area contributed by atoms with E-state index in [0.717, 1.165) is 27.7 Å². The highest BCUT2D eigenvalue weighted by atomic mass is 16.1. The summed E-state index contributed by atoms with van der Waals surface area (Å²) < 4.78 is 0. The molecular formula is C28H25N9O. The molecule has 0 radical (unpaired) electrons. The average molecular weight is 504 g/mol. The number of pyridine rings is 4. The lowest BCUT2D eigenvalue weighted by Gasteiger charge is -2.17. The topological polar surface area (TPSA) is 138 Å². The first kappa shape index (κ1) is 23.4. The number of hydrogen-bond donors (Lipinski definition) is 3. The average Bonchev–Trinajstić information content (AvgIpc) is 3.51. The van der Waals surface area contributed by atoms with E-state index < -0.39 is 0 Å². The predicted molar refractivity (Wildman–Crippen MR) is 146 cm³/mol. The summed E-state index contributed by atoms with van der Waals surface area (Å²) in [6.45, 7) is 6.09. The van der Waals surface area contributed by atoms with Gasteiger partial charge in [-0.15, -0.1) is 0 Å². The Balaban J connectivity index is 1.36. The van der Waals surface area contributed by atoms with Gasteiger partial charge in [-0.25, -0.2) is 15.0 Å². The molecule has 6 aromatic rings. The minimum atomic E-state index is -0.107. The number of aromatic nitrogens is 8. The molecule has 1 amide bonds. The Bertz CT molecular complexity index is 1780. The third kappa shape index (κ3) is 4.59. The molecule has 0 aromatic carbocycles. The lowest BCUT2D eigenvalue weighted by Crippen LogP contribution is -2.19. The largest absolute Gasteiger partial charge is 0.325 e. The van der Waals surface area contributed by atoms with Gasteiger partial charge < -0.3 is 10.3 Å². The number of aromatic amines is 2. The summed E-state index contributed by atoms with van der Waals surface area (Å²) in [6, 6.07) is 11.5. The number of rotatable bonds is 5. The number of anilines is 1. The second-order valence-electron chi connectivity index (χ2n) is 10.3. The Kier molecular flexibility index (Phi) is 5.64. The summed E-state index contributed by atoms with van der Waals surface area (Å²) in [6.07, 6.45) is 9.02. The molecule has 6 heterocycles. The standard InChI is InChI=1S/C28H25N9O/c1-28(2,3)13-22(38)32-18-12-17(14-30-15-18)20-4-5-21-24(33-20)25(37-36-21)27-34-23-19(8-11-31-26(23)35-27)16-6-9-29-10-7-16/h4-12,14-15H,13H2,1-3H3,(H,32,38)(H,36,37)(H,31,34,35). The molecule has 0 spiro atoms. The van der Waals surface area contributed by atoms with Crippen molar-refractivity contribution in [2.24, 2.45) is 5.41 Å². The van der Waals surface area contributed by atoms with Crippen LogP contribution in [0.3, 0.4) is 0 Å². The number of amides is 1. The van der Waals surface area contributed by atoms with Gasteiger partial charge in [0.2, 0.25) is 5.91 Å². The molecule has 10 heteroatoms. The molecule has 188 valence electrons. The molecule has 0 fully saturated rings. The number of imidazole rings is 1. The minimum absolute atomic E-state index is 0.0541. The Morgan fingerprint density at radius 3 is 2.58 bits per heavy atom. The molecular weight excluding hydrogens is 478 g/mol. The monoisotopic (exact) mass is 503 g/mol. The Labute approximate surface area is 218 Å². The van der Waals surface area contributed by atoms with E-state index in [4.69, 9.17) is 9.97 Å². The fraction of sp³-hybridized carbons (Fsp3) is 0.179. The molecule has 0 unspecified atom stereocenters. The van der Waals surface area contributed by atoms with Crippen LogP contribution in [0.25, 0.3) is 56.1 Å². The molecule has 0 saturated carbocycles. The van der Waals surface area contributed by atoms with Crippen molar-refractivity contribution in [2.45, 2.75) is 27.2 Å². The highest BCUT2D eigenvalue weighted by molar-refractivity contribution is 5.95. The number of fused-ring (bicyclic) bond motifs is 2. The van der Waals surface area contributed by atoms with Crippen LogP contribution in [0.1, 0.15) is 27.2 Å². The van der Waals surface area contributed by atoms with E-state index in [2.05, 4.69) is 35.5 Å². The summed E-state index contributed by atoms with van der Waals surface area (Å²) in [5, 5.41) is 10.5. The molecule has 38 heavy (non-hydrogen) atoms. The maximum atomic E-state index is 12.4. The zero-order valence-corrected chi connectivity index (χ0v) is 21.1. The summed E-state index contributed by atoms with van der Waals surface area (Å²) in [7, 11) is 0. The van der Waals surface area contributed by atoms with E-state index in [1.165, 1.54) is 0 Å². The molecule has 0 bridgehead atoms. The second kappa shape index (κ2) is 9.15. The van der Waals surface area contributed by atoms with E-state index in [-0.39, 0.29) is 11.3 Å². The van der Waals surface area contributed by atoms with Crippen LogP contribution >= 0.6 is 0 Å². The number of nitrogens with one attached hydrogen (secondary N) is 3. The summed E-state index contributed by atoms with van der Waals surface area (Å²) in [4.78, 5) is 38.3. The van der Waals surface area contributed by atoms with E-state index in [9.17, 15) is 4.79 Å². The third-order valence-corrected chi connectivity index (χ3v) is 6.02. The van der Waals surface area contributed by atoms with Crippen LogP contribution < -0.4 is 5.32 Å². The van der Waals surface area contributed by atoms with Gasteiger partial charge in [0.05, 0.1) is 23.1 Å². The Morgan fingerprint density at radius 1 is 0.921 bits per heavy atom.